The van der Waals surface area contributed by atoms with Gasteiger partial charge in [0.05, 0.1) is 6.04 Å². The number of rotatable bonds is 2. The van der Waals surface area contributed by atoms with Gasteiger partial charge in [0.1, 0.15) is 5.82 Å². The highest BCUT2D eigenvalue weighted by molar-refractivity contribution is 5.91. The Morgan fingerprint density at radius 1 is 1.60 bits per heavy atom. The van der Waals surface area contributed by atoms with Crippen LogP contribution in [0.25, 0.3) is 0 Å². The fraction of sp³-hybridized carbons (Fsp3) is 0.500. The molecule has 80 valence electrons. The molecule has 2 rings (SSSR count). The lowest BCUT2D eigenvalue weighted by Crippen LogP contribution is -2.36. The van der Waals surface area contributed by atoms with Crippen LogP contribution >= 0.6 is 0 Å². The highest BCUT2D eigenvalue weighted by Crippen LogP contribution is 2.00. The molecule has 0 bridgehead atoms. The quantitative estimate of drug-likeness (QED) is 0.565. The number of carbonyl (C=O) groups excluding carboxylic acids is 2. The fourth-order valence-electron chi connectivity index (χ4n) is 1.40. The number of aromatic nitrogens is 3. The van der Waals surface area contributed by atoms with E-state index in [1.165, 1.54) is 0 Å². The summed E-state index contributed by atoms with van der Waals surface area (Å²) in [6, 6.07) is -0.163. The molecular formula is C8H11N5O2. The van der Waals surface area contributed by atoms with Gasteiger partial charge in [0.25, 0.3) is 5.91 Å². The Hall–Kier alpha value is -1.92. The lowest BCUT2D eigenvalue weighted by atomic mass is 10.2. The molecule has 0 aliphatic carbocycles. The first-order chi connectivity index (χ1) is 7.15. The van der Waals surface area contributed by atoms with E-state index >= 15 is 0 Å². The van der Waals surface area contributed by atoms with Crippen LogP contribution in [-0.2, 0) is 4.79 Å². The molecule has 0 aromatic carbocycles. The molecule has 1 unspecified atom stereocenters. The van der Waals surface area contributed by atoms with Gasteiger partial charge in [-0.05, 0) is 6.92 Å². The summed E-state index contributed by atoms with van der Waals surface area (Å²) in [7, 11) is 0. The molecule has 15 heavy (non-hydrogen) atoms. The van der Waals surface area contributed by atoms with E-state index in [1.807, 2.05) is 0 Å². The highest BCUT2D eigenvalue weighted by atomic mass is 16.2. The number of carbonyl (C=O) groups is 2. The Balaban J connectivity index is 1.95. The Morgan fingerprint density at radius 2 is 2.40 bits per heavy atom. The van der Waals surface area contributed by atoms with Crippen LogP contribution in [0.4, 0.5) is 0 Å². The summed E-state index contributed by atoms with van der Waals surface area (Å²) in [6.07, 6.45) is 0.315. The number of nitrogens with one attached hydrogen (secondary N) is 3. The smallest absolute Gasteiger partial charge is 0.291 e. The molecule has 2 heterocycles. The maximum atomic E-state index is 11.5. The Labute approximate surface area is 85.7 Å². The van der Waals surface area contributed by atoms with E-state index in [0.717, 1.165) is 0 Å². The summed E-state index contributed by atoms with van der Waals surface area (Å²) in [4.78, 5) is 26.3. The van der Waals surface area contributed by atoms with Crippen LogP contribution in [-0.4, -0.2) is 39.6 Å². The summed E-state index contributed by atoms with van der Waals surface area (Å²) in [6.45, 7) is 2.18. The molecule has 2 amide bonds. The Morgan fingerprint density at radius 3 is 2.93 bits per heavy atom. The van der Waals surface area contributed by atoms with E-state index in [4.69, 9.17) is 0 Å². The van der Waals surface area contributed by atoms with Crippen molar-refractivity contribution in [2.75, 3.05) is 6.54 Å². The third-order valence-corrected chi connectivity index (χ3v) is 2.11. The maximum Gasteiger partial charge on any atom is 0.291 e. The van der Waals surface area contributed by atoms with Gasteiger partial charge < -0.3 is 10.6 Å². The van der Waals surface area contributed by atoms with Crippen molar-refractivity contribution in [2.45, 2.75) is 19.4 Å². The minimum atomic E-state index is -0.360. The number of aromatic amines is 1. The second kappa shape index (κ2) is 3.68. The molecule has 1 aliphatic rings. The number of amides is 2. The molecule has 1 aliphatic heterocycles. The van der Waals surface area contributed by atoms with Gasteiger partial charge in [-0.1, -0.05) is 0 Å². The third-order valence-electron chi connectivity index (χ3n) is 2.11. The maximum absolute atomic E-state index is 11.5. The molecule has 7 heteroatoms. The van der Waals surface area contributed by atoms with Crippen molar-refractivity contribution in [2.24, 2.45) is 0 Å². The van der Waals surface area contributed by atoms with Gasteiger partial charge in [-0.15, -0.1) is 5.10 Å². The minimum Gasteiger partial charge on any atom is -0.354 e. The van der Waals surface area contributed by atoms with Gasteiger partial charge in [0.15, 0.2) is 0 Å². The van der Waals surface area contributed by atoms with Gasteiger partial charge >= 0.3 is 0 Å². The third kappa shape index (κ3) is 2.12. The topological polar surface area (TPSA) is 99.8 Å². The van der Waals surface area contributed by atoms with Gasteiger partial charge in [0.2, 0.25) is 11.7 Å². The van der Waals surface area contributed by atoms with Gasteiger partial charge in [0, 0.05) is 13.0 Å². The van der Waals surface area contributed by atoms with Crippen LogP contribution in [0, 0.1) is 6.92 Å². The van der Waals surface area contributed by atoms with Crippen molar-refractivity contribution in [3.63, 3.8) is 0 Å². The molecule has 0 saturated carbocycles. The van der Waals surface area contributed by atoms with Crippen molar-refractivity contribution in [1.82, 2.24) is 25.8 Å². The van der Waals surface area contributed by atoms with Crippen LogP contribution in [0.15, 0.2) is 0 Å². The van der Waals surface area contributed by atoms with Crippen LogP contribution in [0.1, 0.15) is 22.9 Å². The summed E-state index contributed by atoms with van der Waals surface area (Å²) < 4.78 is 0. The molecule has 3 N–H and O–H groups in total. The highest BCUT2D eigenvalue weighted by Gasteiger charge is 2.24. The first kappa shape index (κ1) is 9.63. The molecule has 1 atom stereocenters. The summed E-state index contributed by atoms with van der Waals surface area (Å²) >= 11 is 0. The zero-order valence-electron chi connectivity index (χ0n) is 8.20. The zero-order chi connectivity index (χ0) is 10.8. The molecule has 1 fully saturated rings. The van der Waals surface area contributed by atoms with Gasteiger partial charge in [-0.2, -0.15) is 0 Å². The Kier molecular flexibility index (Phi) is 2.36. The van der Waals surface area contributed by atoms with E-state index in [0.29, 0.717) is 18.8 Å². The molecular weight excluding hydrogens is 198 g/mol. The second-order valence-electron chi connectivity index (χ2n) is 3.42. The summed E-state index contributed by atoms with van der Waals surface area (Å²) in [5.74, 6) is 0.278. The molecule has 7 nitrogen and oxygen atoms in total. The van der Waals surface area contributed by atoms with Crippen molar-refractivity contribution < 1.29 is 9.59 Å². The predicted octanol–water partition coefficient (Wildman–Crippen LogP) is -1.27. The monoisotopic (exact) mass is 209 g/mol. The van der Waals surface area contributed by atoms with E-state index in [9.17, 15) is 9.59 Å². The van der Waals surface area contributed by atoms with Crippen molar-refractivity contribution in [1.29, 1.82) is 0 Å². The number of hydrogen-bond acceptors (Lipinski definition) is 4. The second-order valence-corrected chi connectivity index (χ2v) is 3.42. The van der Waals surface area contributed by atoms with Gasteiger partial charge in [-0.25, -0.2) is 4.98 Å². The van der Waals surface area contributed by atoms with E-state index in [-0.39, 0.29) is 23.7 Å². The number of hydrogen-bond donors (Lipinski definition) is 3. The number of aryl methyl sites for hydroxylation is 1. The zero-order valence-corrected chi connectivity index (χ0v) is 8.20. The summed E-state index contributed by atoms with van der Waals surface area (Å²) in [5, 5.41) is 11.6. The van der Waals surface area contributed by atoms with Crippen LogP contribution in [0.2, 0.25) is 0 Å². The van der Waals surface area contributed by atoms with E-state index in [2.05, 4.69) is 25.8 Å². The lowest BCUT2D eigenvalue weighted by molar-refractivity contribution is -0.119. The average molecular weight is 209 g/mol. The first-order valence-corrected chi connectivity index (χ1v) is 4.61. The van der Waals surface area contributed by atoms with Gasteiger partial charge in [-0.3, -0.25) is 14.7 Å². The molecule has 0 spiro atoms. The molecule has 1 saturated heterocycles. The normalized spacial score (nSPS) is 20.1. The van der Waals surface area contributed by atoms with Crippen molar-refractivity contribution >= 4 is 11.8 Å². The first-order valence-electron chi connectivity index (χ1n) is 4.61. The number of nitrogens with zero attached hydrogens (tertiary/aromatic N) is 2. The lowest BCUT2D eigenvalue weighted by Gasteiger charge is -2.07. The Bertz CT molecular complexity index is 399. The molecule has 0 radical (unpaired) electrons. The van der Waals surface area contributed by atoms with E-state index in [1.54, 1.807) is 6.92 Å². The molecule has 1 aromatic rings. The van der Waals surface area contributed by atoms with Crippen LogP contribution in [0.5, 0.6) is 0 Å². The standard InChI is InChI=1S/C8H11N5O2/c1-4-10-7(13-12-4)8(15)11-5-2-6(14)9-3-5/h5H,2-3H2,1H3,(H,9,14)(H,11,15)(H,10,12,13). The SMILES string of the molecule is Cc1nc(C(=O)NC2CNC(=O)C2)n[nH]1. The average Bonchev–Trinajstić information content (AvgIpc) is 2.75. The molecule has 1 aromatic heterocycles. The largest absolute Gasteiger partial charge is 0.354 e. The van der Waals surface area contributed by atoms with Crippen LogP contribution in [0.3, 0.4) is 0 Å². The summed E-state index contributed by atoms with van der Waals surface area (Å²) in [5.41, 5.74) is 0. The van der Waals surface area contributed by atoms with E-state index < -0.39 is 0 Å². The number of H-pyrrole nitrogens is 1. The minimum absolute atomic E-state index is 0.0496. The van der Waals surface area contributed by atoms with Crippen molar-refractivity contribution in [3.05, 3.63) is 11.6 Å². The fourth-order valence-corrected chi connectivity index (χ4v) is 1.40. The predicted molar refractivity (Wildman–Crippen MR) is 50.0 cm³/mol. The van der Waals surface area contributed by atoms with Crippen molar-refractivity contribution in [3.8, 4) is 0 Å². The van der Waals surface area contributed by atoms with Crippen LogP contribution < -0.4 is 10.6 Å².